The molecule has 1 fully saturated rings. The van der Waals surface area contributed by atoms with Crippen molar-refractivity contribution in [3.8, 4) is 0 Å². The van der Waals surface area contributed by atoms with Crippen LogP contribution in [-0.4, -0.2) is 68.1 Å². The van der Waals surface area contributed by atoms with Crippen molar-refractivity contribution in [2.45, 2.75) is 33.5 Å². The summed E-state index contributed by atoms with van der Waals surface area (Å²) < 4.78 is 52.8. The topological polar surface area (TPSA) is 42.9 Å². The Labute approximate surface area is 199 Å². The maximum atomic E-state index is 13.3. The molecule has 0 bridgehead atoms. The molecule has 1 unspecified atom stereocenters. The monoisotopic (exact) mass is 559 g/mol. The van der Waals surface area contributed by atoms with Gasteiger partial charge in [-0.25, -0.2) is 9.38 Å². The minimum Gasteiger partial charge on any atom is -0.357 e. The van der Waals surface area contributed by atoms with Crippen LogP contribution < -0.4 is 10.6 Å². The molecule has 0 aromatic heterocycles. The molecule has 31 heavy (non-hydrogen) atoms. The predicted molar refractivity (Wildman–Crippen MR) is 127 cm³/mol. The Bertz CT molecular complexity index is 691. The van der Waals surface area contributed by atoms with E-state index in [9.17, 15) is 17.6 Å². The Balaban J connectivity index is 0.00000480. The summed E-state index contributed by atoms with van der Waals surface area (Å²) in [6.45, 7) is 13.6. The summed E-state index contributed by atoms with van der Waals surface area (Å²) in [6, 6.07) is 2.69. The van der Waals surface area contributed by atoms with Gasteiger partial charge in [-0.2, -0.15) is 13.2 Å². The fourth-order valence-electron chi connectivity index (χ4n) is 3.52. The molecule has 1 atom stereocenters. The fourth-order valence-corrected chi connectivity index (χ4v) is 3.52. The first-order valence-corrected chi connectivity index (χ1v) is 10.5. The number of hydrogen-bond acceptors (Lipinski definition) is 3. The van der Waals surface area contributed by atoms with Gasteiger partial charge in [-0.15, -0.1) is 24.0 Å². The average molecular weight is 559 g/mol. The first-order chi connectivity index (χ1) is 14.2. The molecule has 0 aliphatic carbocycles. The number of likely N-dealkylation sites (N-methyl/N-ethyl adjacent to an activating group) is 1. The van der Waals surface area contributed by atoms with Gasteiger partial charge in [-0.3, -0.25) is 0 Å². The smallest absolute Gasteiger partial charge is 0.357 e. The van der Waals surface area contributed by atoms with Crippen LogP contribution >= 0.6 is 24.0 Å². The molecule has 1 aromatic rings. The predicted octanol–water partition coefficient (Wildman–Crippen LogP) is 3.79. The number of piperazine rings is 1. The number of aliphatic imine (C=N–C) groups is 1. The van der Waals surface area contributed by atoms with E-state index in [2.05, 4.69) is 39.3 Å². The van der Waals surface area contributed by atoms with Gasteiger partial charge in [0.15, 0.2) is 5.96 Å². The van der Waals surface area contributed by atoms with E-state index < -0.39 is 17.6 Å². The minimum absolute atomic E-state index is 0. The number of rotatable bonds is 8. The Hall–Kier alpha value is -1.14. The molecule has 1 heterocycles. The van der Waals surface area contributed by atoms with Gasteiger partial charge in [0.2, 0.25) is 0 Å². The summed E-state index contributed by atoms with van der Waals surface area (Å²) in [5.41, 5.74) is -1.04. The van der Waals surface area contributed by atoms with Crippen LogP contribution in [0.15, 0.2) is 23.2 Å². The fraction of sp³-hybridized carbons (Fsp3) is 0.667. The molecule has 1 aliphatic rings. The third-order valence-corrected chi connectivity index (χ3v) is 5.23. The maximum Gasteiger partial charge on any atom is 0.416 e. The Kier molecular flexibility index (Phi) is 12.1. The van der Waals surface area contributed by atoms with Gasteiger partial charge in [-0.05, 0) is 37.1 Å². The number of halogens is 5. The van der Waals surface area contributed by atoms with Crippen molar-refractivity contribution in [3.05, 3.63) is 35.1 Å². The van der Waals surface area contributed by atoms with E-state index in [-0.39, 0.29) is 36.1 Å². The van der Waals surface area contributed by atoms with Crippen molar-refractivity contribution < 1.29 is 17.6 Å². The second-order valence-electron chi connectivity index (χ2n) is 7.72. The molecule has 0 spiro atoms. The Morgan fingerprint density at radius 1 is 1.10 bits per heavy atom. The zero-order chi connectivity index (χ0) is 22.1. The highest BCUT2D eigenvalue weighted by Gasteiger charge is 2.33. The van der Waals surface area contributed by atoms with Crippen LogP contribution in [0.1, 0.15) is 31.9 Å². The summed E-state index contributed by atoms with van der Waals surface area (Å²) in [6.07, 6.45) is -4.62. The van der Waals surface area contributed by atoms with E-state index in [0.717, 1.165) is 51.4 Å². The lowest BCUT2D eigenvalue weighted by atomic mass is 10.1. The lowest BCUT2D eigenvalue weighted by Gasteiger charge is -2.35. The number of nitrogens with one attached hydrogen (secondary N) is 2. The largest absolute Gasteiger partial charge is 0.416 e. The molecule has 2 N–H and O–H groups in total. The van der Waals surface area contributed by atoms with E-state index in [1.807, 2.05) is 6.92 Å². The van der Waals surface area contributed by atoms with Gasteiger partial charge in [0.25, 0.3) is 0 Å². The second kappa shape index (κ2) is 13.4. The SMILES string of the molecule is CCNC(=NCc1ccc(F)cc1C(F)(F)F)NCC(C)CN1CCN(CC)CC1.I. The van der Waals surface area contributed by atoms with Crippen LogP contribution in [0, 0.1) is 11.7 Å². The molecule has 1 aliphatic heterocycles. The molecule has 0 amide bonds. The summed E-state index contributed by atoms with van der Waals surface area (Å²) in [5.74, 6) is -0.0927. The zero-order valence-electron chi connectivity index (χ0n) is 18.4. The molecule has 1 saturated heterocycles. The molecule has 0 radical (unpaired) electrons. The summed E-state index contributed by atoms with van der Waals surface area (Å²) in [7, 11) is 0. The average Bonchev–Trinajstić information content (AvgIpc) is 2.70. The zero-order valence-corrected chi connectivity index (χ0v) is 20.8. The number of benzene rings is 1. The van der Waals surface area contributed by atoms with E-state index in [1.54, 1.807) is 0 Å². The lowest BCUT2D eigenvalue weighted by Crippen LogP contribution is -2.48. The molecule has 0 saturated carbocycles. The quantitative estimate of drug-likeness (QED) is 0.220. The van der Waals surface area contributed by atoms with Crippen LogP contribution in [0.3, 0.4) is 0 Å². The van der Waals surface area contributed by atoms with E-state index in [1.165, 1.54) is 0 Å². The Morgan fingerprint density at radius 3 is 2.32 bits per heavy atom. The molecule has 10 heteroatoms. The molecule has 1 aromatic carbocycles. The number of alkyl halides is 3. The lowest BCUT2D eigenvalue weighted by molar-refractivity contribution is -0.138. The van der Waals surface area contributed by atoms with Gasteiger partial charge < -0.3 is 20.4 Å². The third kappa shape index (κ3) is 9.48. The van der Waals surface area contributed by atoms with Crippen LogP contribution in [0.4, 0.5) is 17.6 Å². The summed E-state index contributed by atoms with van der Waals surface area (Å²) in [5, 5.41) is 6.27. The molecule has 2 rings (SSSR count). The number of hydrogen-bond donors (Lipinski definition) is 2. The first kappa shape index (κ1) is 27.9. The van der Waals surface area contributed by atoms with Gasteiger partial charge in [0.1, 0.15) is 5.82 Å². The molecule has 5 nitrogen and oxygen atoms in total. The normalized spacial score (nSPS) is 17.2. The van der Waals surface area contributed by atoms with Crippen molar-refractivity contribution in [1.29, 1.82) is 0 Å². The van der Waals surface area contributed by atoms with Crippen LogP contribution in [-0.2, 0) is 12.7 Å². The highest BCUT2D eigenvalue weighted by atomic mass is 127. The third-order valence-electron chi connectivity index (χ3n) is 5.23. The van der Waals surface area contributed by atoms with Crippen molar-refractivity contribution in [1.82, 2.24) is 20.4 Å². The number of nitrogens with zero attached hydrogens (tertiary/aromatic N) is 3. The second-order valence-corrected chi connectivity index (χ2v) is 7.72. The number of guanidine groups is 1. The summed E-state index contributed by atoms with van der Waals surface area (Å²) in [4.78, 5) is 9.15. The van der Waals surface area contributed by atoms with Gasteiger partial charge in [0.05, 0.1) is 12.1 Å². The van der Waals surface area contributed by atoms with E-state index >= 15 is 0 Å². The molecular formula is C21H34F4IN5. The first-order valence-electron chi connectivity index (χ1n) is 10.5. The molecular weight excluding hydrogens is 525 g/mol. The van der Waals surface area contributed by atoms with Crippen LogP contribution in [0.25, 0.3) is 0 Å². The van der Waals surface area contributed by atoms with Crippen molar-refractivity contribution in [2.24, 2.45) is 10.9 Å². The minimum atomic E-state index is -4.62. The van der Waals surface area contributed by atoms with Crippen LogP contribution in [0.2, 0.25) is 0 Å². The van der Waals surface area contributed by atoms with Crippen molar-refractivity contribution in [3.63, 3.8) is 0 Å². The van der Waals surface area contributed by atoms with Crippen LogP contribution in [0.5, 0.6) is 0 Å². The maximum absolute atomic E-state index is 13.3. The van der Waals surface area contributed by atoms with Gasteiger partial charge in [-0.1, -0.05) is 19.9 Å². The van der Waals surface area contributed by atoms with Crippen molar-refractivity contribution >= 4 is 29.9 Å². The van der Waals surface area contributed by atoms with Gasteiger partial charge in [0, 0.05) is 45.8 Å². The van der Waals surface area contributed by atoms with Gasteiger partial charge >= 0.3 is 6.18 Å². The van der Waals surface area contributed by atoms with E-state index in [0.29, 0.717) is 31.0 Å². The Morgan fingerprint density at radius 2 is 1.74 bits per heavy atom. The summed E-state index contributed by atoms with van der Waals surface area (Å²) >= 11 is 0. The van der Waals surface area contributed by atoms with E-state index in [4.69, 9.17) is 0 Å². The highest BCUT2D eigenvalue weighted by Crippen LogP contribution is 2.32. The van der Waals surface area contributed by atoms with Crippen molar-refractivity contribution in [2.75, 3.05) is 52.4 Å². The highest BCUT2D eigenvalue weighted by molar-refractivity contribution is 14.0. The molecule has 178 valence electrons. The standard InChI is InChI=1S/C21H33F4N5.HI/c1-4-26-20(27-13-16(3)15-30-10-8-29(5-2)9-11-30)28-14-17-6-7-18(22)12-19(17)21(23,24)25;/h6-7,12,16H,4-5,8-11,13-15H2,1-3H3,(H2,26,27,28);1H.